The first-order chi connectivity index (χ1) is 10.8. The number of likely N-dealkylation sites (tertiary alicyclic amines) is 1. The van der Waals surface area contributed by atoms with E-state index in [1.54, 1.807) is 6.20 Å². The highest BCUT2D eigenvalue weighted by Crippen LogP contribution is 2.40. The third-order valence-corrected chi connectivity index (χ3v) is 4.95. The van der Waals surface area contributed by atoms with E-state index in [0.717, 1.165) is 24.8 Å². The van der Waals surface area contributed by atoms with Crippen molar-refractivity contribution in [2.75, 3.05) is 13.1 Å². The number of ether oxygens (including phenoxy) is 1. The molecule has 3 atom stereocenters. The van der Waals surface area contributed by atoms with E-state index >= 15 is 0 Å². The Morgan fingerprint density at radius 3 is 3.00 bits per heavy atom. The van der Waals surface area contributed by atoms with E-state index < -0.39 is 0 Å². The molecular formula is C17H22N4O. The average molecular weight is 298 g/mol. The molecule has 2 fully saturated rings. The van der Waals surface area contributed by atoms with Gasteiger partial charge in [0.05, 0.1) is 12.4 Å². The highest BCUT2D eigenvalue weighted by Gasteiger charge is 2.43. The number of hydrogen-bond donors (Lipinski definition) is 0. The van der Waals surface area contributed by atoms with Crippen LogP contribution >= 0.6 is 0 Å². The summed E-state index contributed by atoms with van der Waals surface area (Å²) in [5, 5.41) is 4.26. The molecule has 2 aromatic heterocycles. The lowest BCUT2D eigenvalue weighted by Crippen LogP contribution is -2.28. The Bertz CT molecular complexity index is 627. The molecule has 1 saturated carbocycles. The number of nitrogens with zero attached hydrogens (tertiary/aromatic N) is 4. The van der Waals surface area contributed by atoms with Crippen LogP contribution in [0.2, 0.25) is 0 Å². The van der Waals surface area contributed by atoms with Gasteiger partial charge in [0, 0.05) is 50.6 Å². The van der Waals surface area contributed by atoms with Gasteiger partial charge in [-0.2, -0.15) is 5.10 Å². The van der Waals surface area contributed by atoms with Gasteiger partial charge in [0.15, 0.2) is 0 Å². The van der Waals surface area contributed by atoms with Gasteiger partial charge in [-0.1, -0.05) is 0 Å². The summed E-state index contributed by atoms with van der Waals surface area (Å²) in [5.41, 5.74) is 1.30. The Hall–Kier alpha value is -1.88. The van der Waals surface area contributed by atoms with Crippen molar-refractivity contribution in [3.8, 4) is 5.75 Å². The molecular weight excluding hydrogens is 276 g/mol. The molecule has 3 heterocycles. The largest absolute Gasteiger partial charge is 0.488 e. The Balaban J connectivity index is 1.38. The van der Waals surface area contributed by atoms with Crippen LogP contribution in [-0.4, -0.2) is 38.9 Å². The zero-order valence-electron chi connectivity index (χ0n) is 12.9. The van der Waals surface area contributed by atoms with Crippen molar-refractivity contribution < 1.29 is 4.74 Å². The smallest absolute Gasteiger partial charge is 0.138 e. The second kappa shape index (κ2) is 5.72. The van der Waals surface area contributed by atoms with E-state index in [1.165, 1.54) is 24.9 Å². The second-order valence-electron chi connectivity index (χ2n) is 6.56. The number of aryl methyl sites for hydroxylation is 1. The van der Waals surface area contributed by atoms with Crippen LogP contribution in [0.25, 0.3) is 0 Å². The van der Waals surface area contributed by atoms with E-state index in [-0.39, 0.29) is 0 Å². The Labute approximate surface area is 130 Å². The van der Waals surface area contributed by atoms with Gasteiger partial charge in [0.25, 0.3) is 0 Å². The van der Waals surface area contributed by atoms with Crippen molar-refractivity contribution in [1.82, 2.24) is 19.7 Å². The molecule has 0 amide bonds. The molecule has 0 N–H and O–H groups in total. The van der Waals surface area contributed by atoms with Crippen molar-refractivity contribution in [3.05, 3.63) is 42.5 Å². The predicted octanol–water partition coefficient (Wildman–Crippen LogP) is 2.10. The van der Waals surface area contributed by atoms with Crippen molar-refractivity contribution >= 4 is 0 Å². The Morgan fingerprint density at radius 2 is 2.23 bits per heavy atom. The molecule has 1 aliphatic heterocycles. The van der Waals surface area contributed by atoms with Crippen LogP contribution in [0.1, 0.15) is 18.4 Å². The third-order valence-electron chi connectivity index (χ3n) is 4.95. The summed E-state index contributed by atoms with van der Waals surface area (Å²) in [5.74, 6) is 2.33. The molecule has 0 aromatic carbocycles. The highest BCUT2D eigenvalue weighted by molar-refractivity contribution is 5.16. The molecule has 5 heteroatoms. The van der Waals surface area contributed by atoms with Crippen LogP contribution in [0.5, 0.6) is 5.75 Å². The maximum absolute atomic E-state index is 6.19. The monoisotopic (exact) mass is 298 g/mol. The van der Waals surface area contributed by atoms with E-state index in [4.69, 9.17) is 4.74 Å². The van der Waals surface area contributed by atoms with Crippen LogP contribution in [0.15, 0.2) is 36.9 Å². The number of fused-ring (bicyclic) bond motifs is 1. The number of hydrogen-bond acceptors (Lipinski definition) is 4. The molecule has 2 aliphatic rings. The van der Waals surface area contributed by atoms with Gasteiger partial charge in [-0.05, 0) is 30.9 Å². The van der Waals surface area contributed by atoms with E-state index in [0.29, 0.717) is 12.0 Å². The fourth-order valence-electron chi connectivity index (χ4n) is 3.99. The minimum atomic E-state index is 0.341. The van der Waals surface area contributed by atoms with E-state index in [9.17, 15) is 0 Å². The summed E-state index contributed by atoms with van der Waals surface area (Å²) in [7, 11) is 1.97. The first-order valence-corrected chi connectivity index (χ1v) is 8.04. The molecule has 4 rings (SSSR count). The normalized spacial score (nSPS) is 28.0. The topological polar surface area (TPSA) is 43.2 Å². The first kappa shape index (κ1) is 13.8. The molecule has 1 aliphatic carbocycles. The van der Waals surface area contributed by atoms with Crippen LogP contribution in [0.4, 0.5) is 0 Å². The van der Waals surface area contributed by atoms with Gasteiger partial charge in [-0.3, -0.25) is 14.6 Å². The molecule has 0 spiro atoms. The molecule has 0 radical (unpaired) electrons. The zero-order valence-corrected chi connectivity index (χ0v) is 12.9. The summed E-state index contributed by atoms with van der Waals surface area (Å²) in [6, 6.07) is 3.94. The fraction of sp³-hybridized carbons (Fsp3) is 0.529. The highest BCUT2D eigenvalue weighted by atomic mass is 16.5. The van der Waals surface area contributed by atoms with E-state index in [2.05, 4.69) is 21.2 Å². The minimum Gasteiger partial charge on any atom is -0.488 e. The summed E-state index contributed by atoms with van der Waals surface area (Å²) < 4.78 is 8.06. The minimum absolute atomic E-state index is 0.341. The van der Waals surface area contributed by atoms with Crippen LogP contribution in [0, 0.1) is 11.8 Å². The number of aromatic nitrogens is 3. The Kier molecular flexibility index (Phi) is 3.58. The summed E-state index contributed by atoms with van der Waals surface area (Å²) in [6.07, 6.45) is 10.5. The van der Waals surface area contributed by atoms with Crippen molar-refractivity contribution in [3.63, 3.8) is 0 Å². The fourth-order valence-corrected chi connectivity index (χ4v) is 3.99. The van der Waals surface area contributed by atoms with Crippen LogP contribution in [0.3, 0.4) is 0 Å². The molecule has 1 saturated heterocycles. The van der Waals surface area contributed by atoms with Gasteiger partial charge < -0.3 is 4.74 Å². The van der Waals surface area contributed by atoms with Crippen LogP contribution < -0.4 is 4.74 Å². The average Bonchev–Trinajstić information content (AvgIpc) is 3.19. The van der Waals surface area contributed by atoms with Crippen molar-refractivity contribution in [1.29, 1.82) is 0 Å². The standard InChI is InChI=1S/C17H22N4O/c1-20-9-13(7-19-20)10-21-11-14-4-5-17(16(14)12-21)22-15-3-2-6-18-8-15/h2-3,6-9,14,16-17H,4-5,10-12H2,1H3/t14-,16+,17-/m1/s1. The molecule has 0 bridgehead atoms. The lowest BCUT2D eigenvalue weighted by Gasteiger charge is -2.21. The van der Waals surface area contributed by atoms with Gasteiger partial charge in [-0.15, -0.1) is 0 Å². The van der Waals surface area contributed by atoms with Gasteiger partial charge in [0.2, 0.25) is 0 Å². The third kappa shape index (κ3) is 2.73. The summed E-state index contributed by atoms with van der Waals surface area (Å²) >= 11 is 0. The maximum Gasteiger partial charge on any atom is 0.138 e. The number of rotatable bonds is 4. The van der Waals surface area contributed by atoms with Gasteiger partial charge >= 0.3 is 0 Å². The quantitative estimate of drug-likeness (QED) is 0.867. The maximum atomic E-state index is 6.19. The molecule has 2 aromatic rings. The predicted molar refractivity (Wildman–Crippen MR) is 83.4 cm³/mol. The first-order valence-electron chi connectivity index (χ1n) is 8.04. The number of pyridine rings is 1. The molecule has 22 heavy (non-hydrogen) atoms. The second-order valence-corrected chi connectivity index (χ2v) is 6.56. The van der Waals surface area contributed by atoms with Gasteiger partial charge in [-0.25, -0.2) is 0 Å². The van der Waals surface area contributed by atoms with Gasteiger partial charge in [0.1, 0.15) is 11.9 Å². The molecule has 0 unspecified atom stereocenters. The zero-order chi connectivity index (χ0) is 14.9. The van der Waals surface area contributed by atoms with Crippen molar-refractivity contribution in [2.24, 2.45) is 18.9 Å². The SMILES string of the molecule is Cn1cc(CN2C[C@H]3CC[C@@H](Oc4cccnc4)[C@H]3C2)cn1. The van der Waals surface area contributed by atoms with Crippen molar-refractivity contribution in [2.45, 2.75) is 25.5 Å². The van der Waals surface area contributed by atoms with E-state index in [1.807, 2.05) is 36.3 Å². The lowest BCUT2D eigenvalue weighted by atomic mass is 9.99. The summed E-state index contributed by atoms with van der Waals surface area (Å²) in [4.78, 5) is 6.69. The van der Waals surface area contributed by atoms with Crippen LogP contribution in [-0.2, 0) is 13.6 Å². The summed E-state index contributed by atoms with van der Waals surface area (Å²) in [6.45, 7) is 3.32. The lowest BCUT2D eigenvalue weighted by molar-refractivity contribution is 0.147. The molecule has 116 valence electrons. The Morgan fingerprint density at radius 1 is 1.27 bits per heavy atom. The molecule has 5 nitrogen and oxygen atoms in total.